The van der Waals surface area contributed by atoms with Gasteiger partial charge in [-0.3, -0.25) is 14.9 Å². The molecule has 0 spiro atoms. The molecule has 1 aromatic carbocycles. The van der Waals surface area contributed by atoms with Gasteiger partial charge in [0.25, 0.3) is 5.91 Å². The molecule has 0 saturated carbocycles. The van der Waals surface area contributed by atoms with Crippen LogP contribution in [0.2, 0.25) is 0 Å². The van der Waals surface area contributed by atoms with Gasteiger partial charge in [-0.25, -0.2) is 9.97 Å². The Morgan fingerprint density at radius 1 is 1.21 bits per heavy atom. The van der Waals surface area contributed by atoms with Crippen LogP contribution in [-0.4, -0.2) is 26.3 Å². The number of thiazole rings is 1. The number of imidazole rings is 1. The zero-order chi connectivity index (χ0) is 16.8. The van der Waals surface area contributed by atoms with Crippen molar-refractivity contribution in [1.82, 2.24) is 14.5 Å². The summed E-state index contributed by atoms with van der Waals surface area (Å²) in [7, 11) is 0. The molecule has 2 heterocycles. The first-order chi connectivity index (χ1) is 11.7. The van der Waals surface area contributed by atoms with Crippen LogP contribution in [0, 0.1) is 0 Å². The predicted octanol–water partition coefficient (Wildman–Crippen LogP) is 2.62. The minimum atomic E-state index is -0.264. The van der Waals surface area contributed by atoms with Crippen molar-refractivity contribution >= 4 is 34.0 Å². The number of hydrogen-bond donors (Lipinski definition) is 2. The van der Waals surface area contributed by atoms with Crippen LogP contribution in [0.4, 0.5) is 10.8 Å². The molecule has 24 heavy (non-hydrogen) atoms. The van der Waals surface area contributed by atoms with Crippen LogP contribution in [-0.2, 0) is 11.3 Å². The quantitative estimate of drug-likeness (QED) is 0.721. The van der Waals surface area contributed by atoms with Gasteiger partial charge in [-0.1, -0.05) is 6.07 Å². The average molecular weight is 341 g/mol. The van der Waals surface area contributed by atoms with E-state index in [4.69, 9.17) is 0 Å². The summed E-state index contributed by atoms with van der Waals surface area (Å²) < 4.78 is 1.83. The summed E-state index contributed by atoms with van der Waals surface area (Å²) in [6, 6.07) is 6.79. The van der Waals surface area contributed by atoms with Crippen LogP contribution in [0.3, 0.4) is 0 Å². The van der Waals surface area contributed by atoms with Crippen molar-refractivity contribution in [3.8, 4) is 0 Å². The molecule has 0 fully saturated rings. The largest absolute Gasteiger partial charge is 0.337 e. The van der Waals surface area contributed by atoms with Gasteiger partial charge in [-0.05, 0) is 18.2 Å². The van der Waals surface area contributed by atoms with Crippen molar-refractivity contribution in [2.75, 3.05) is 10.6 Å². The second-order valence-corrected chi connectivity index (χ2v) is 5.87. The number of aryl methyl sites for hydroxylation is 1. The van der Waals surface area contributed by atoms with Crippen LogP contribution in [0.5, 0.6) is 0 Å². The third-order valence-electron chi connectivity index (χ3n) is 3.22. The van der Waals surface area contributed by atoms with Crippen LogP contribution in [0.25, 0.3) is 0 Å². The van der Waals surface area contributed by atoms with Crippen LogP contribution < -0.4 is 10.6 Å². The summed E-state index contributed by atoms with van der Waals surface area (Å²) in [6.07, 6.45) is 7.08. The molecule has 0 unspecified atom stereocenters. The fraction of sp³-hybridized carbons (Fsp3) is 0.125. The molecule has 2 aromatic heterocycles. The van der Waals surface area contributed by atoms with Gasteiger partial charge >= 0.3 is 0 Å². The molecule has 2 N–H and O–H groups in total. The summed E-state index contributed by atoms with van der Waals surface area (Å²) in [5.74, 6) is -0.388. The summed E-state index contributed by atoms with van der Waals surface area (Å²) in [5.41, 5.74) is 1.04. The molecule has 2 amide bonds. The van der Waals surface area contributed by atoms with E-state index in [-0.39, 0.29) is 11.8 Å². The molecule has 0 saturated heterocycles. The Morgan fingerprint density at radius 2 is 2.12 bits per heavy atom. The van der Waals surface area contributed by atoms with E-state index >= 15 is 0 Å². The van der Waals surface area contributed by atoms with Crippen molar-refractivity contribution < 1.29 is 9.59 Å². The minimum Gasteiger partial charge on any atom is -0.337 e. The van der Waals surface area contributed by atoms with E-state index in [0.29, 0.717) is 29.3 Å². The number of hydrogen-bond acceptors (Lipinski definition) is 5. The van der Waals surface area contributed by atoms with Crippen molar-refractivity contribution in [3.05, 3.63) is 60.1 Å². The predicted molar refractivity (Wildman–Crippen MR) is 92.0 cm³/mol. The molecule has 0 atom stereocenters. The molecule has 3 rings (SSSR count). The molecule has 0 bridgehead atoms. The van der Waals surface area contributed by atoms with Gasteiger partial charge in [0.05, 0.1) is 6.33 Å². The number of carbonyl (C=O) groups excluding carboxylic acids is 2. The molecule has 0 aliphatic carbocycles. The van der Waals surface area contributed by atoms with Gasteiger partial charge < -0.3 is 9.88 Å². The summed E-state index contributed by atoms with van der Waals surface area (Å²) in [6.45, 7) is 0.552. The van der Waals surface area contributed by atoms with E-state index in [9.17, 15) is 9.59 Å². The highest BCUT2D eigenvalue weighted by Gasteiger charge is 2.09. The first-order valence-electron chi connectivity index (χ1n) is 7.27. The fourth-order valence-corrected chi connectivity index (χ4v) is 2.59. The van der Waals surface area contributed by atoms with E-state index in [0.717, 1.165) is 0 Å². The summed E-state index contributed by atoms with van der Waals surface area (Å²) in [5, 5.41) is 7.82. The normalized spacial score (nSPS) is 10.3. The highest BCUT2D eigenvalue weighted by atomic mass is 32.1. The standard InChI is InChI=1S/C16H15N5O2S/c22-14(4-7-21-8-5-17-11-21)19-13-3-1-2-12(10-13)15(23)20-16-18-6-9-24-16/h1-3,5-6,8-11H,4,7H2,(H,19,22)(H,18,20,23). The first kappa shape index (κ1) is 15.9. The number of benzene rings is 1. The van der Waals surface area contributed by atoms with Gasteiger partial charge in [0.15, 0.2) is 5.13 Å². The van der Waals surface area contributed by atoms with Crippen LogP contribution in [0.15, 0.2) is 54.6 Å². The molecule has 8 heteroatoms. The van der Waals surface area contributed by atoms with E-state index in [1.54, 1.807) is 54.6 Å². The first-order valence-corrected chi connectivity index (χ1v) is 8.15. The fourth-order valence-electron chi connectivity index (χ4n) is 2.07. The second-order valence-electron chi connectivity index (χ2n) is 4.97. The smallest absolute Gasteiger partial charge is 0.257 e. The van der Waals surface area contributed by atoms with Crippen molar-refractivity contribution in [3.63, 3.8) is 0 Å². The second kappa shape index (κ2) is 7.51. The van der Waals surface area contributed by atoms with E-state index in [1.165, 1.54) is 11.3 Å². The zero-order valence-electron chi connectivity index (χ0n) is 12.7. The molecule has 0 aliphatic heterocycles. The monoisotopic (exact) mass is 341 g/mol. The van der Waals surface area contributed by atoms with Gasteiger partial charge in [0, 0.05) is 48.2 Å². The SMILES string of the molecule is O=C(CCn1ccnc1)Nc1cccc(C(=O)Nc2nccs2)c1. The highest BCUT2D eigenvalue weighted by Crippen LogP contribution is 2.15. The lowest BCUT2D eigenvalue weighted by Crippen LogP contribution is -2.15. The topological polar surface area (TPSA) is 88.9 Å². The Labute approximate surface area is 142 Å². The van der Waals surface area contributed by atoms with E-state index < -0.39 is 0 Å². The summed E-state index contributed by atoms with van der Waals surface area (Å²) in [4.78, 5) is 32.1. The van der Waals surface area contributed by atoms with Crippen LogP contribution >= 0.6 is 11.3 Å². The van der Waals surface area contributed by atoms with E-state index in [2.05, 4.69) is 20.6 Å². The summed E-state index contributed by atoms with van der Waals surface area (Å²) >= 11 is 1.35. The molecule has 0 aliphatic rings. The Morgan fingerprint density at radius 3 is 2.88 bits per heavy atom. The lowest BCUT2D eigenvalue weighted by molar-refractivity contribution is -0.116. The minimum absolute atomic E-state index is 0.124. The molecule has 7 nitrogen and oxygen atoms in total. The maximum Gasteiger partial charge on any atom is 0.257 e. The van der Waals surface area contributed by atoms with Gasteiger partial charge in [-0.15, -0.1) is 11.3 Å². The Kier molecular flexibility index (Phi) is 4.97. The van der Waals surface area contributed by atoms with Crippen molar-refractivity contribution in [2.45, 2.75) is 13.0 Å². The Balaban J connectivity index is 1.58. The maximum atomic E-state index is 12.2. The Bertz CT molecular complexity index is 815. The Hall–Kier alpha value is -3.00. The molecule has 122 valence electrons. The lowest BCUT2D eigenvalue weighted by atomic mass is 10.2. The number of aromatic nitrogens is 3. The number of amides is 2. The van der Waals surface area contributed by atoms with E-state index in [1.807, 2.05) is 4.57 Å². The number of nitrogens with zero attached hydrogens (tertiary/aromatic N) is 3. The maximum absolute atomic E-state index is 12.2. The molecule has 3 aromatic rings. The van der Waals surface area contributed by atoms with Gasteiger partial charge in [0.1, 0.15) is 0 Å². The third kappa shape index (κ3) is 4.26. The number of rotatable bonds is 6. The number of nitrogens with one attached hydrogen (secondary N) is 2. The third-order valence-corrected chi connectivity index (χ3v) is 3.91. The van der Waals surface area contributed by atoms with Gasteiger partial charge in [-0.2, -0.15) is 0 Å². The van der Waals surface area contributed by atoms with Gasteiger partial charge in [0.2, 0.25) is 5.91 Å². The van der Waals surface area contributed by atoms with Crippen LogP contribution in [0.1, 0.15) is 16.8 Å². The highest BCUT2D eigenvalue weighted by molar-refractivity contribution is 7.13. The molecular weight excluding hydrogens is 326 g/mol. The number of carbonyl (C=O) groups is 2. The van der Waals surface area contributed by atoms with Crippen molar-refractivity contribution in [2.24, 2.45) is 0 Å². The van der Waals surface area contributed by atoms with Crippen molar-refractivity contribution in [1.29, 1.82) is 0 Å². The zero-order valence-corrected chi connectivity index (χ0v) is 13.5. The number of anilines is 2. The lowest BCUT2D eigenvalue weighted by Gasteiger charge is -2.08. The molecular formula is C16H15N5O2S. The molecule has 0 radical (unpaired) electrons. The average Bonchev–Trinajstić information content (AvgIpc) is 3.27.